The zero-order valence-electron chi connectivity index (χ0n) is 42.9. The first-order chi connectivity index (χ1) is 33.1. The van der Waals surface area contributed by atoms with Crippen LogP contribution in [0.2, 0.25) is 0 Å². The van der Waals surface area contributed by atoms with Crippen molar-refractivity contribution < 1.29 is 93.2 Å². The SMILES string of the molecule is C/C=C(/C)C(=O)O[C@H]1[C@H](OC(=O)/C(C)=C\C)[C@]2(CO)[C@H](O)C[C@]3(C)C(=CC[C@@H]4[C@@]5(C)CC[C@H](O[C@@H]6O[C@H](C(=O)O)[C@@H](O)[C@H](O[C@@H]7OC[C@H](O)[C@H](O)[C@H]7O)[C@H]6O)C[C@@H]5[C@@](C)(C(=O)OC)C[C@]43C)[C@@H]2CC1(C)C. The second kappa shape index (κ2) is 19.7. The summed E-state index contributed by atoms with van der Waals surface area (Å²) in [5.41, 5.74) is -4.01. The summed E-state index contributed by atoms with van der Waals surface area (Å²) in [5.74, 6) is -4.40. The molecule has 400 valence electrons. The molecule has 4 saturated carbocycles. The lowest BCUT2D eigenvalue weighted by Crippen LogP contribution is -2.73. The Hall–Kier alpha value is -3.34. The number of aliphatic carboxylic acids is 1. The van der Waals surface area contributed by atoms with Gasteiger partial charge in [0.2, 0.25) is 0 Å². The number of aliphatic hydroxyl groups excluding tert-OH is 7. The number of aliphatic hydroxyl groups is 7. The summed E-state index contributed by atoms with van der Waals surface area (Å²) in [6.07, 6.45) is -12.2. The number of allylic oxidation sites excluding steroid dienone is 4. The highest BCUT2D eigenvalue weighted by atomic mass is 16.7. The maximum absolute atomic E-state index is 14.6. The fourth-order valence-electron chi connectivity index (χ4n) is 14.8. The lowest BCUT2D eigenvalue weighted by molar-refractivity contribution is -0.352. The van der Waals surface area contributed by atoms with Crippen molar-refractivity contribution in [3.05, 3.63) is 34.9 Å². The molecule has 0 aromatic heterocycles. The largest absolute Gasteiger partial charge is 0.479 e. The molecule has 0 unspecified atom stereocenters. The fourth-order valence-corrected chi connectivity index (χ4v) is 14.8. The topological polar surface area (TPSA) is 295 Å². The molecule has 19 heteroatoms. The van der Waals surface area contributed by atoms with Gasteiger partial charge in [-0.15, -0.1) is 0 Å². The molecule has 2 aliphatic heterocycles. The number of hydrogen-bond donors (Lipinski definition) is 8. The molecule has 0 spiro atoms. The van der Waals surface area contributed by atoms with Crippen molar-refractivity contribution >= 4 is 23.9 Å². The molecule has 0 amide bonds. The number of ether oxygens (including phenoxy) is 7. The van der Waals surface area contributed by atoms with Gasteiger partial charge in [-0.25, -0.2) is 14.4 Å². The van der Waals surface area contributed by atoms with Crippen molar-refractivity contribution in [2.45, 2.75) is 194 Å². The Morgan fingerprint density at radius 2 is 1.42 bits per heavy atom. The van der Waals surface area contributed by atoms with E-state index in [1.807, 2.05) is 20.8 Å². The van der Waals surface area contributed by atoms with Crippen LogP contribution in [0.1, 0.15) is 114 Å². The van der Waals surface area contributed by atoms with Crippen molar-refractivity contribution in [3.8, 4) is 0 Å². The van der Waals surface area contributed by atoms with Crippen LogP contribution >= 0.6 is 0 Å². The Morgan fingerprint density at radius 3 is 2.00 bits per heavy atom. The first kappa shape index (κ1) is 55.4. The van der Waals surface area contributed by atoms with Gasteiger partial charge in [0.05, 0.1) is 43.4 Å². The van der Waals surface area contributed by atoms with Crippen LogP contribution in [-0.4, -0.2) is 165 Å². The van der Waals surface area contributed by atoms with E-state index in [9.17, 15) is 60.0 Å². The number of esters is 3. The third-order valence-corrected chi connectivity index (χ3v) is 19.2. The lowest BCUT2D eigenvalue weighted by Gasteiger charge is -2.73. The summed E-state index contributed by atoms with van der Waals surface area (Å²) in [5, 5.41) is 88.2. The van der Waals surface area contributed by atoms with Gasteiger partial charge in [0.25, 0.3) is 0 Å². The van der Waals surface area contributed by atoms with Gasteiger partial charge < -0.3 is 74.0 Å². The molecular formula is C52H78O19. The molecule has 7 rings (SSSR count). The predicted molar refractivity (Wildman–Crippen MR) is 249 cm³/mol. The Kier molecular flexibility index (Phi) is 15.4. The van der Waals surface area contributed by atoms with Gasteiger partial charge in [-0.3, -0.25) is 4.79 Å². The molecule has 0 bridgehead atoms. The van der Waals surface area contributed by atoms with Crippen LogP contribution in [0, 0.1) is 50.2 Å². The van der Waals surface area contributed by atoms with Gasteiger partial charge in [-0.2, -0.15) is 0 Å². The zero-order chi connectivity index (χ0) is 52.7. The maximum atomic E-state index is 14.6. The Morgan fingerprint density at radius 1 is 0.803 bits per heavy atom. The summed E-state index contributed by atoms with van der Waals surface area (Å²) >= 11 is 0. The number of carbonyl (C=O) groups is 4. The van der Waals surface area contributed by atoms with E-state index in [0.29, 0.717) is 43.3 Å². The second-order valence-electron chi connectivity index (χ2n) is 23.3. The average molecular weight is 1010 g/mol. The number of carboxylic acid groups (broad SMARTS) is 1. The van der Waals surface area contributed by atoms with E-state index in [1.165, 1.54) is 7.11 Å². The Bertz CT molecular complexity index is 2160. The average Bonchev–Trinajstić information content (AvgIpc) is 3.31. The van der Waals surface area contributed by atoms with E-state index in [1.54, 1.807) is 39.8 Å². The molecule has 2 saturated heterocycles. The number of rotatable bonds is 11. The van der Waals surface area contributed by atoms with E-state index >= 15 is 0 Å². The highest BCUT2D eigenvalue weighted by molar-refractivity contribution is 5.89. The highest BCUT2D eigenvalue weighted by Crippen LogP contribution is 2.77. The number of fused-ring (bicyclic) bond motifs is 7. The second-order valence-corrected chi connectivity index (χ2v) is 23.3. The van der Waals surface area contributed by atoms with E-state index in [0.717, 1.165) is 5.57 Å². The first-order valence-corrected chi connectivity index (χ1v) is 25.0. The van der Waals surface area contributed by atoms with Gasteiger partial charge in [-0.1, -0.05) is 58.4 Å². The third kappa shape index (κ3) is 8.73. The van der Waals surface area contributed by atoms with Gasteiger partial charge in [-0.05, 0) is 114 Å². The number of carboxylic acids is 1. The third-order valence-electron chi connectivity index (χ3n) is 19.2. The van der Waals surface area contributed by atoms with Gasteiger partial charge in [0.1, 0.15) is 42.7 Å². The summed E-state index contributed by atoms with van der Waals surface area (Å²) < 4.78 is 41.4. The normalized spacial score (nSPS) is 47.5. The molecule has 6 fully saturated rings. The van der Waals surface area contributed by atoms with Crippen molar-refractivity contribution in [2.24, 2.45) is 50.2 Å². The lowest BCUT2D eigenvalue weighted by atomic mass is 9.31. The van der Waals surface area contributed by atoms with Gasteiger partial charge in [0.15, 0.2) is 24.8 Å². The molecule has 0 aromatic rings. The quantitative estimate of drug-likeness (QED) is 0.0485. The summed E-state index contributed by atoms with van der Waals surface area (Å²) in [4.78, 5) is 54.3. The molecule has 0 aromatic carbocycles. The minimum absolute atomic E-state index is 0.0991. The summed E-state index contributed by atoms with van der Waals surface area (Å²) in [6, 6.07) is 0. The summed E-state index contributed by atoms with van der Waals surface area (Å²) in [7, 11) is 1.34. The van der Waals surface area contributed by atoms with Crippen LogP contribution < -0.4 is 0 Å². The minimum Gasteiger partial charge on any atom is -0.479 e. The highest BCUT2D eigenvalue weighted by Gasteiger charge is 2.75. The van der Waals surface area contributed by atoms with E-state index in [-0.39, 0.29) is 18.8 Å². The molecule has 0 radical (unpaired) electrons. The van der Waals surface area contributed by atoms with Crippen LogP contribution in [0.3, 0.4) is 0 Å². The van der Waals surface area contributed by atoms with Crippen LogP contribution in [0.15, 0.2) is 34.9 Å². The standard InChI is InChI=1S/C52H78O19/c1-12-24(3)42(62)70-39-40(71-43(63)25(4)13-2)52(23-53)28(19-47(39,5)6)27-14-15-30-48(7)17-16-26(18-31(48)49(8,46(64)65-11)22-51(30,10)50(27,9)20-32(52)55)67-45-36(59)37(35(58)38(69-45)41(60)61)68-44-34(57)33(56)29(54)21-66-44/h12-14,26,28-40,44-45,53-59H,15-23H2,1-11H3,(H,60,61)/b24-12-,25-13-/t26-,28-,29-,30+,31-,32+,33-,34+,35-,36+,37-,38-,39-,40-,44-,45+,48+,49-,50+,51+,52-/m0/s1. The van der Waals surface area contributed by atoms with Crippen LogP contribution in [0.25, 0.3) is 0 Å². The minimum atomic E-state index is -1.98. The molecule has 21 atom stereocenters. The molecular weight excluding hydrogens is 929 g/mol. The van der Waals surface area contributed by atoms with Crippen molar-refractivity contribution in [2.75, 3.05) is 20.3 Å². The van der Waals surface area contributed by atoms with Gasteiger partial charge in [0, 0.05) is 16.6 Å². The first-order valence-electron chi connectivity index (χ1n) is 25.0. The maximum Gasteiger partial charge on any atom is 0.335 e. The van der Waals surface area contributed by atoms with E-state index < -0.39 is 161 Å². The Labute approximate surface area is 415 Å². The molecule has 71 heavy (non-hydrogen) atoms. The number of methoxy groups -OCH3 is 1. The van der Waals surface area contributed by atoms with Crippen LogP contribution in [0.5, 0.6) is 0 Å². The van der Waals surface area contributed by atoms with Crippen molar-refractivity contribution in [1.82, 2.24) is 0 Å². The number of hydrogen-bond acceptors (Lipinski definition) is 18. The van der Waals surface area contributed by atoms with Crippen LogP contribution in [-0.2, 0) is 52.3 Å². The fraction of sp³-hybridized carbons (Fsp3) is 0.808. The summed E-state index contributed by atoms with van der Waals surface area (Å²) in [6.45, 7) is 17.8. The van der Waals surface area contributed by atoms with Crippen LogP contribution in [0.4, 0.5) is 0 Å². The molecule has 2 heterocycles. The predicted octanol–water partition coefficient (Wildman–Crippen LogP) is 2.62. The number of carbonyl (C=O) groups excluding carboxylic acids is 3. The van der Waals surface area contributed by atoms with Crippen molar-refractivity contribution in [3.63, 3.8) is 0 Å². The van der Waals surface area contributed by atoms with E-state index in [4.69, 9.17) is 33.2 Å². The smallest absolute Gasteiger partial charge is 0.335 e. The van der Waals surface area contributed by atoms with Gasteiger partial charge >= 0.3 is 23.9 Å². The Balaban J connectivity index is 1.24. The zero-order valence-corrected chi connectivity index (χ0v) is 42.9. The monoisotopic (exact) mass is 1010 g/mol. The molecule has 7 aliphatic rings. The molecule has 8 N–H and O–H groups in total. The molecule has 19 nitrogen and oxygen atoms in total. The molecule has 5 aliphatic carbocycles. The van der Waals surface area contributed by atoms with E-state index in [2.05, 4.69) is 26.8 Å². The van der Waals surface area contributed by atoms with Crippen molar-refractivity contribution in [1.29, 1.82) is 0 Å².